The van der Waals surface area contributed by atoms with Crippen LogP contribution >= 0.6 is 0 Å². The Morgan fingerprint density at radius 2 is 2.00 bits per heavy atom. The van der Waals surface area contributed by atoms with E-state index in [0.717, 1.165) is 19.1 Å². The number of carbonyl (C=O) groups excluding carboxylic acids is 2. The van der Waals surface area contributed by atoms with Gasteiger partial charge in [0.2, 0.25) is 15.9 Å². The van der Waals surface area contributed by atoms with Crippen molar-refractivity contribution >= 4 is 27.5 Å². The number of hydrogen-bond donors (Lipinski definition) is 2. The van der Waals surface area contributed by atoms with Gasteiger partial charge in [0.05, 0.1) is 23.4 Å². The Morgan fingerprint density at radius 1 is 1.27 bits per heavy atom. The van der Waals surface area contributed by atoms with Crippen LogP contribution < -0.4 is 10.6 Å². The molecule has 7 nitrogen and oxygen atoms in total. The average Bonchev–Trinajstić information content (AvgIpc) is 2.61. The quantitative estimate of drug-likeness (QED) is 0.704. The number of nitrogens with zero attached hydrogens (tertiary/aromatic N) is 1. The van der Waals surface area contributed by atoms with Gasteiger partial charge < -0.3 is 10.6 Å². The van der Waals surface area contributed by atoms with Crippen LogP contribution in [-0.4, -0.2) is 50.4 Å². The molecule has 1 heterocycles. The zero-order valence-corrected chi connectivity index (χ0v) is 16.1. The molecule has 1 aliphatic heterocycles. The zero-order chi connectivity index (χ0) is 19.2. The van der Waals surface area contributed by atoms with Crippen LogP contribution in [0.5, 0.6) is 0 Å². The van der Waals surface area contributed by atoms with Crippen molar-refractivity contribution in [1.82, 2.24) is 9.62 Å². The van der Waals surface area contributed by atoms with E-state index in [1.165, 1.54) is 4.31 Å². The lowest BCUT2D eigenvalue weighted by molar-refractivity contribution is -0.120. The van der Waals surface area contributed by atoms with Gasteiger partial charge >= 0.3 is 0 Å². The number of anilines is 1. The monoisotopic (exact) mass is 381 g/mol. The van der Waals surface area contributed by atoms with E-state index in [-0.39, 0.29) is 18.4 Å². The summed E-state index contributed by atoms with van der Waals surface area (Å²) in [7, 11) is -3.31. The van der Waals surface area contributed by atoms with Gasteiger partial charge in [-0.25, -0.2) is 12.7 Å². The summed E-state index contributed by atoms with van der Waals surface area (Å²) in [6, 6.07) is 6.85. The average molecular weight is 381 g/mol. The number of carbonyl (C=O) groups is 2. The number of piperidine rings is 1. The third-order valence-electron chi connectivity index (χ3n) is 4.47. The number of sulfonamides is 1. The highest BCUT2D eigenvalue weighted by atomic mass is 32.2. The van der Waals surface area contributed by atoms with Crippen molar-refractivity contribution < 1.29 is 18.0 Å². The first-order chi connectivity index (χ1) is 12.3. The highest BCUT2D eigenvalue weighted by Gasteiger charge is 2.30. The van der Waals surface area contributed by atoms with E-state index in [9.17, 15) is 18.0 Å². The molecule has 1 aromatic rings. The Balaban J connectivity index is 2.06. The number of nitrogens with one attached hydrogen (secondary N) is 2. The van der Waals surface area contributed by atoms with Crippen LogP contribution in [0.4, 0.5) is 5.69 Å². The van der Waals surface area contributed by atoms with Crippen LogP contribution in [0, 0.1) is 5.92 Å². The van der Waals surface area contributed by atoms with E-state index in [4.69, 9.17) is 0 Å². The number of benzene rings is 1. The fraction of sp³-hybridized carbons (Fsp3) is 0.556. The topological polar surface area (TPSA) is 95.6 Å². The molecule has 0 radical (unpaired) electrons. The van der Waals surface area contributed by atoms with Crippen molar-refractivity contribution in [2.24, 2.45) is 5.92 Å². The lowest BCUT2D eigenvalue weighted by Crippen LogP contribution is -2.43. The van der Waals surface area contributed by atoms with Crippen LogP contribution in [0.1, 0.15) is 43.0 Å². The lowest BCUT2D eigenvalue weighted by Gasteiger charge is -2.30. The Bertz CT molecular complexity index is 749. The fourth-order valence-electron chi connectivity index (χ4n) is 2.96. The van der Waals surface area contributed by atoms with E-state index in [2.05, 4.69) is 10.6 Å². The largest absolute Gasteiger partial charge is 0.352 e. The van der Waals surface area contributed by atoms with E-state index < -0.39 is 15.9 Å². The highest BCUT2D eigenvalue weighted by Crippen LogP contribution is 2.22. The van der Waals surface area contributed by atoms with Crippen LogP contribution in [0.2, 0.25) is 0 Å². The van der Waals surface area contributed by atoms with Crippen LogP contribution in [0.3, 0.4) is 0 Å². The number of unbranched alkanes of at least 4 members (excludes halogenated alkanes) is 1. The summed E-state index contributed by atoms with van der Waals surface area (Å²) in [5.41, 5.74) is 0.857. The van der Waals surface area contributed by atoms with Gasteiger partial charge in [0.25, 0.3) is 5.91 Å². The first-order valence-electron chi connectivity index (χ1n) is 8.96. The molecule has 8 heteroatoms. The van der Waals surface area contributed by atoms with Crippen molar-refractivity contribution in [1.29, 1.82) is 0 Å². The fourth-order valence-corrected chi connectivity index (χ4v) is 3.87. The standard InChI is InChI=1S/C18H27N3O4S/c1-3-4-11-19-18(23)15-9-5-6-10-16(15)20-17(22)14-8-7-12-21(13-14)26(2,24)25/h5-6,9-10,14H,3-4,7-8,11-13H2,1-2H3,(H,19,23)(H,20,22)/t14-/m0/s1. The SMILES string of the molecule is CCCCNC(=O)c1ccccc1NC(=O)[C@H]1CCCN(S(C)(=O)=O)C1. The molecule has 1 atom stereocenters. The predicted octanol–water partition coefficient (Wildman–Crippen LogP) is 1.83. The maximum absolute atomic E-state index is 12.6. The van der Waals surface area contributed by atoms with Crippen molar-refractivity contribution in [3.05, 3.63) is 29.8 Å². The molecule has 1 aromatic carbocycles. The summed E-state index contributed by atoms with van der Waals surface area (Å²) >= 11 is 0. The summed E-state index contributed by atoms with van der Waals surface area (Å²) < 4.78 is 24.8. The summed E-state index contributed by atoms with van der Waals surface area (Å²) in [6.45, 7) is 3.25. The smallest absolute Gasteiger partial charge is 0.253 e. The molecule has 1 saturated heterocycles. The molecule has 0 aliphatic carbocycles. The molecular weight excluding hydrogens is 354 g/mol. The predicted molar refractivity (Wildman–Crippen MR) is 101 cm³/mol. The summed E-state index contributed by atoms with van der Waals surface area (Å²) in [5.74, 6) is -0.905. The Kier molecular flexibility index (Phi) is 7.16. The van der Waals surface area contributed by atoms with Gasteiger partial charge in [-0.2, -0.15) is 0 Å². The van der Waals surface area contributed by atoms with Gasteiger partial charge in [0, 0.05) is 19.6 Å². The third kappa shape index (κ3) is 5.54. The van der Waals surface area contributed by atoms with Gasteiger partial charge in [0.15, 0.2) is 0 Å². The summed E-state index contributed by atoms with van der Waals surface area (Å²) in [5, 5.41) is 5.64. The second-order valence-electron chi connectivity index (χ2n) is 6.60. The molecule has 0 spiro atoms. The molecule has 2 rings (SSSR count). The maximum Gasteiger partial charge on any atom is 0.253 e. The summed E-state index contributed by atoms with van der Waals surface area (Å²) in [6.07, 6.45) is 4.30. The first kappa shape index (κ1) is 20.4. The Morgan fingerprint density at radius 3 is 2.69 bits per heavy atom. The van der Waals surface area contributed by atoms with Gasteiger partial charge in [-0.1, -0.05) is 25.5 Å². The van der Waals surface area contributed by atoms with Crippen LogP contribution in [0.25, 0.3) is 0 Å². The molecule has 0 bridgehead atoms. The number of rotatable bonds is 7. The molecule has 2 amide bonds. The van der Waals surface area contributed by atoms with E-state index in [1.807, 2.05) is 6.92 Å². The lowest BCUT2D eigenvalue weighted by atomic mass is 9.98. The third-order valence-corrected chi connectivity index (χ3v) is 5.74. The maximum atomic E-state index is 12.6. The van der Waals surface area contributed by atoms with Crippen molar-refractivity contribution in [2.75, 3.05) is 31.2 Å². The van der Waals surface area contributed by atoms with E-state index in [1.54, 1.807) is 24.3 Å². The number of hydrogen-bond acceptors (Lipinski definition) is 4. The molecule has 1 aliphatic rings. The van der Waals surface area contributed by atoms with Crippen molar-refractivity contribution in [3.8, 4) is 0 Å². The molecule has 144 valence electrons. The Hall–Kier alpha value is -1.93. The van der Waals surface area contributed by atoms with Gasteiger partial charge in [-0.3, -0.25) is 9.59 Å². The van der Waals surface area contributed by atoms with E-state index in [0.29, 0.717) is 37.2 Å². The van der Waals surface area contributed by atoms with Gasteiger partial charge in [0.1, 0.15) is 0 Å². The molecular formula is C18H27N3O4S. The van der Waals surface area contributed by atoms with Crippen molar-refractivity contribution in [2.45, 2.75) is 32.6 Å². The minimum atomic E-state index is -3.31. The van der Waals surface area contributed by atoms with E-state index >= 15 is 0 Å². The molecule has 2 N–H and O–H groups in total. The molecule has 1 fully saturated rings. The van der Waals surface area contributed by atoms with Gasteiger partial charge in [-0.05, 0) is 31.4 Å². The Labute approximate surface area is 155 Å². The second-order valence-corrected chi connectivity index (χ2v) is 8.59. The molecule has 0 aromatic heterocycles. The molecule has 0 unspecified atom stereocenters. The minimum Gasteiger partial charge on any atom is -0.352 e. The first-order valence-corrected chi connectivity index (χ1v) is 10.8. The van der Waals surface area contributed by atoms with Crippen LogP contribution in [-0.2, 0) is 14.8 Å². The number of amides is 2. The highest BCUT2D eigenvalue weighted by molar-refractivity contribution is 7.88. The zero-order valence-electron chi connectivity index (χ0n) is 15.3. The second kappa shape index (κ2) is 9.14. The number of para-hydroxylation sites is 1. The molecule has 26 heavy (non-hydrogen) atoms. The summed E-state index contributed by atoms with van der Waals surface area (Å²) in [4.78, 5) is 24.9. The molecule has 0 saturated carbocycles. The van der Waals surface area contributed by atoms with Crippen molar-refractivity contribution in [3.63, 3.8) is 0 Å². The van der Waals surface area contributed by atoms with Crippen LogP contribution in [0.15, 0.2) is 24.3 Å². The van der Waals surface area contributed by atoms with Gasteiger partial charge in [-0.15, -0.1) is 0 Å². The minimum absolute atomic E-state index is 0.176. The normalized spacial score (nSPS) is 18.3.